The van der Waals surface area contributed by atoms with Gasteiger partial charge in [0, 0.05) is 19.6 Å². The fraction of sp³-hybridized carbons (Fsp3) is 0.533. The maximum Gasteiger partial charge on any atom is 0.123 e. The molecule has 0 amide bonds. The van der Waals surface area contributed by atoms with Crippen molar-refractivity contribution in [3.8, 4) is 0 Å². The number of hydrogen-bond donors (Lipinski definition) is 1. The Hall–Kier alpha value is -0.650. The van der Waals surface area contributed by atoms with E-state index in [9.17, 15) is 4.39 Å². The van der Waals surface area contributed by atoms with Crippen LogP contribution in [0.4, 0.5) is 4.39 Å². The van der Waals surface area contributed by atoms with Crippen LogP contribution < -0.4 is 5.73 Å². The lowest BCUT2D eigenvalue weighted by Gasteiger charge is -2.40. The Kier molecular flexibility index (Phi) is 5.04. The van der Waals surface area contributed by atoms with Crippen LogP contribution in [0.15, 0.2) is 18.2 Å². The molecule has 2 nitrogen and oxygen atoms in total. The van der Waals surface area contributed by atoms with E-state index in [1.807, 2.05) is 13.0 Å². The number of hydrogen-bond acceptors (Lipinski definition) is 3. The molecule has 1 aliphatic rings. The number of nitrogens with zero attached hydrogens (tertiary/aromatic N) is 1. The van der Waals surface area contributed by atoms with E-state index in [2.05, 4.69) is 11.2 Å². The van der Waals surface area contributed by atoms with Crippen LogP contribution in [-0.4, -0.2) is 34.0 Å². The molecule has 0 unspecified atom stereocenters. The van der Waals surface area contributed by atoms with Crippen LogP contribution in [-0.2, 0) is 6.54 Å². The van der Waals surface area contributed by atoms with E-state index in [1.165, 1.54) is 6.07 Å². The molecule has 2 N–H and O–H groups in total. The highest BCUT2D eigenvalue weighted by Gasteiger charge is 2.36. The first-order valence-electron chi connectivity index (χ1n) is 6.79. The third-order valence-corrected chi connectivity index (χ3v) is 6.14. The quantitative estimate of drug-likeness (QED) is 0.865. The van der Waals surface area contributed by atoms with Gasteiger partial charge < -0.3 is 5.73 Å². The zero-order valence-electron chi connectivity index (χ0n) is 12.0. The third-order valence-electron chi connectivity index (χ3n) is 4.21. The Bertz CT molecular complexity index is 497. The summed E-state index contributed by atoms with van der Waals surface area (Å²) in [5, 5.41) is 0. The van der Waals surface area contributed by atoms with Crippen molar-refractivity contribution >= 4 is 29.0 Å². The molecule has 1 saturated heterocycles. The predicted molar refractivity (Wildman–Crippen MR) is 88.7 cm³/mol. The summed E-state index contributed by atoms with van der Waals surface area (Å²) in [5.74, 6) is -0.163. The molecule has 0 aliphatic carbocycles. The van der Waals surface area contributed by atoms with Gasteiger partial charge in [0.2, 0.25) is 0 Å². The minimum Gasteiger partial charge on any atom is -0.392 e. The van der Waals surface area contributed by atoms with Gasteiger partial charge in [-0.3, -0.25) is 4.90 Å². The minimum atomic E-state index is -0.163. The number of rotatable bonds is 4. The lowest BCUT2D eigenvalue weighted by molar-refractivity contribution is 0.212. The van der Waals surface area contributed by atoms with Crippen LogP contribution in [0.25, 0.3) is 0 Å². The van der Waals surface area contributed by atoms with Crippen molar-refractivity contribution in [2.24, 2.45) is 5.73 Å². The lowest BCUT2D eigenvalue weighted by Crippen LogP contribution is -2.49. The van der Waals surface area contributed by atoms with Crippen LogP contribution in [0.1, 0.15) is 24.0 Å². The maximum absolute atomic E-state index is 13.3. The monoisotopic (exact) mass is 312 g/mol. The normalized spacial score (nSPS) is 18.9. The summed E-state index contributed by atoms with van der Waals surface area (Å²) in [7, 11) is 0. The number of halogens is 1. The average molecular weight is 312 g/mol. The molecule has 20 heavy (non-hydrogen) atoms. The average Bonchev–Trinajstić information content (AvgIpc) is 2.43. The summed E-state index contributed by atoms with van der Waals surface area (Å²) < 4.78 is 13.3. The fourth-order valence-electron chi connectivity index (χ4n) is 2.67. The highest BCUT2D eigenvalue weighted by Crippen LogP contribution is 2.35. The summed E-state index contributed by atoms with van der Waals surface area (Å²) in [6.07, 6.45) is 4.02. The van der Waals surface area contributed by atoms with Crippen molar-refractivity contribution in [2.75, 3.05) is 19.3 Å². The van der Waals surface area contributed by atoms with Crippen molar-refractivity contribution in [3.05, 3.63) is 35.1 Å². The van der Waals surface area contributed by atoms with Crippen LogP contribution >= 0.6 is 24.0 Å². The van der Waals surface area contributed by atoms with Gasteiger partial charge in [-0.1, -0.05) is 18.3 Å². The van der Waals surface area contributed by atoms with Crippen molar-refractivity contribution in [3.63, 3.8) is 0 Å². The molecule has 0 spiro atoms. The molecule has 0 bridgehead atoms. The van der Waals surface area contributed by atoms with E-state index in [4.69, 9.17) is 18.0 Å². The molecule has 1 heterocycles. The molecule has 5 heteroatoms. The van der Waals surface area contributed by atoms with Gasteiger partial charge in [-0.05, 0) is 49.3 Å². The molecule has 1 aliphatic heterocycles. The molecule has 1 aromatic rings. The van der Waals surface area contributed by atoms with Gasteiger partial charge in [0.05, 0.1) is 9.74 Å². The number of benzene rings is 1. The zero-order chi connectivity index (χ0) is 14.8. The van der Waals surface area contributed by atoms with Crippen molar-refractivity contribution in [1.82, 2.24) is 4.90 Å². The Labute approximate surface area is 129 Å². The van der Waals surface area contributed by atoms with E-state index in [0.717, 1.165) is 43.6 Å². The Balaban J connectivity index is 2.01. The second-order valence-corrected chi connectivity index (χ2v) is 7.04. The van der Waals surface area contributed by atoms with Gasteiger partial charge in [0.25, 0.3) is 0 Å². The molecular weight excluding hydrogens is 291 g/mol. The zero-order valence-corrected chi connectivity index (χ0v) is 13.6. The molecule has 0 atom stereocenters. The van der Waals surface area contributed by atoms with Gasteiger partial charge in [-0.2, -0.15) is 11.8 Å². The summed E-state index contributed by atoms with van der Waals surface area (Å²) in [5.41, 5.74) is 8.10. The topological polar surface area (TPSA) is 29.3 Å². The molecule has 1 fully saturated rings. The summed E-state index contributed by atoms with van der Waals surface area (Å²) in [6.45, 7) is 4.73. The first kappa shape index (κ1) is 15.7. The van der Waals surface area contributed by atoms with Gasteiger partial charge in [-0.25, -0.2) is 4.39 Å². The summed E-state index contributed by atoms with van der Waals surface area (Å²) >= 11 is 6.98. The van der Waals surface area contributed by atoms with Crippen LogP contribution in [0.3, 0.4) is 0 Å². The minimum absolute atomic E-state index is 0.0528. The molecule has 2 rings (SSSR count). The highest BCUT2D eigenvalue weighted by atomic mass is 32.2. The molecule has 1 aromatic carbocycles. The molecule has 110 valence electrons. The number of aryl methyl sites for hydroxylation is 1. The molecular formula is C15H21FN2S2. The number of likely N-dealkylation sites (tertiary alicyclic amines) is 1. The summed E-state index contributed by atoms with van der Waals surface area (Å²) in [4.78, 5) is 2.97. The van der Waals surface area contributed by atoms with Gasteiger partial charge in [0.15, 0.2) is 0 Å². The number of piperidine rings is 1. The Morgan fingerprint density at radius 3 is 2.65 bits per heavy atom. The maximum atomic E-state index is 13.3. The van der Waals surface area contributed by atoms with E-state index < -0.39 is 0 Å². The summed E-state index contributed by atoms with van der Waals surface area (Å²) in [6, 6.07) is 5.00. The van der Waals surface area contributed by atoms with Crippen molar-refractivity contribution in [2.45, 2.75) is 31.1 Å². The number of thiocarbonyl (C=S) groups is 1. The van der Waals surface area contributed by atoms with E-state index in [0.29, 0.717) is 4.99 Å². The standard InChI is InChI=1S/C15H21FN2S2/c1-11-3-4-13(16)9-12(11)10-18-7-5-15(20-2,6-8-18)14(17)19/h3-4,9H,5-8,10H2,1-2H3,(H2,17,19). The van der Waals surface area contributed by atoms with Gasteiger partial charge in [0.1, 0.15) is 5.82 Å². The first-order chi connectivity index (χ1) is 9.47. The Morgan fingerprint density at radius 1 is 1.45 bits per heavy atom. The fourth-order valence-corrected chi connectivity index (χ4v) is 3.92. The second kappa shape index (κ2) is 6.41. The van der Waals surface area contributed by atoms with E-state index in [-0.39, 0.29) is 10.6 Å². The van der Waals surface area contributed by atoms with Gasteiger partial charge >= 0.3 is 0 Å². The lowest BCUT2D eigenvalue weighted by atomic mass is 9.95. The molecule has 0 saturated carbocycles. The Morgan fingerprint density at radius 2 is 2.10 bits per heavy atom. The van der Waals surface area contributed by atoms with Crippen molar-refractivity contribution < 1.29 is 4.39 Å². The SMILES string of the molecule is CSC1(C(N)=S)CCN(Cc2cc(F)ccc2C)CC1. The van der Waals surface area contributed by atoms with Crippen LogP contribution in [0.5, 0.6) is 0 Å². The van der Waals surface area contributed by atoms with Gasteiger partial charge in [-0.15, -0.1) is 0 Å². The molecule has 0 radical (unpaired) electrons. The van der Waals surface area contributed by atoms with Crippen molar-refractivity contribution in [1.29, 1.82) is 0 Å². The second-order valence-electron chi connectivity index (χ2n) is 5.41. The smallest absolute Gasteiger partial charge is 0.123 e. The third kappa shape index (κ3) is 3.32. The predicted octanol–water partition coefficient (Wildman–Crippen LogP) is 3.12. The number of thioether (sulfide) groups is 1. The largest absolute Gasteiger partial charge is 0.392 e. The van der Waals surface area contributed by atoms with E-state index in [1.54, 1.807) is 17.8 Å². The first-order valence-corrected chi connectivity index (χ1v) is 8.42. The molecule has 0 aromatic heterocycles. The van der Waals surface area contributed by atoms with E-state index >= 15 is 0 Å². The van der Waals surface area contributed by atoms with Crippen LogP contribution in [0.2, 0.25) is 0 Å². The highest BCUT2D eigenvalue weighted by molar-refractivity contribution is 8.02. The van der Waals surface area contributed by atoms with Crippen LogP contribution in [0, 0.1) is 12.7 Å². The number of nitrogens with two attached hydrogens (primary N) is 1.